The summed E-state index contributed by atoms with van der Waals surface area (Å²) in [5.74, 6) is 0. The Bertz CT molecular complexity index is 702. The molecule has 0 aliphatic carbocycles. The van der Waals surface area contributed by atoms with Crippen molar-refractivity contribution in [2.45, 2.75) is 11.3 Å². The third kappa shape index (κ3) is 1.37. The molecule has 0 aromatic carbocycles. The number of nitrogens with one attached hydrogen (secondary N) is 1. The predicted molar refractivity (Wildman–Crippen MR) is 55.4 cm³/mol. The fourth-order valence-electron chi connectivity index (χ4n) is 2.08. The zero-order valence-electron chi connectivity index (χ0n) is 10.1. The number of hydrogen-bond acceptors (Lipinski definition) is 14. The number of hydrogen-bond donors (Lipinski definition) is 1. The third-order valence-corrected chi connectivity index (χ3v) is 3.03. The van der Waals surface area contributed by atoms with Crippen LogP contribution in [0.25, 0.3) is 0 Å². The van der Waals surface area contributed by atoms with E-state index in [1.807, 2.05) is 0 Å². The van der Waals surface area contributed by atoms with Crippen molar-refractivity contribution in [1.82, 2.24) is 31.3 Å². The van der Waals surface area contributed by atoms with E-state index in [4.69, 9.17) is 0 Å². The number of aromatic nitrogens is 4. The van der Waals surface area contributed by atoms with E-state index in [0.29, 0.717) is 12.4 Å². The van der Waals surface area contributed by atoms with Gasteiger partial charge in [0.25, 0.3) is 0 Å². The molecule has 0 spiro atoms. The molecule has 3 rings (SSSR count). The van der Waals surface area contributed by atoms with Crippen LogP contribution in [0.3, 0.4) is 0 Å². The molecule has 2 aromatic heterocycles. The van der Waals surface area contributed by atoms with E-state index in [-0.39, 0.29) is 0 Å². The second-order valence-electron chi connectivity index (χ2n) is 3.93. The highest BCUT2D eigenvalue weighted by molar-refractivity contribution is 5.21. The average molecular weight is 315 g/mol. The van der Waals surface area contributed by atoms with Crippen LogP contribution in [-0.2, 0) is 16.3 Å². The summed E-state index contributed by atoms with van der Waals surface area (Å²) < 4.78 is 8.43. The monoisotopic (exact) mass is 315 g/mol. The molecule has 1 N–H and O–H groups in total. The van der Waals surface area contributed by atoms with Crippen molar-refractivity contribution in [2.75, 3.05) is 0 Å². The molecular weight excluding hydrogens is 312 g/mol. The molecule has 2 atom stereocenters. The van der Waals surface area contributed by atoms with Gasteiger partial charge in [-0.3, -0.25) is 20.2 Å². The van der Waals surface area contributed by atoms with Gasteiger partial charge < -0.3 is 5.21 Å². The van der Waals surface area contributed by atoms with Crippen LogP contribution in [0.15, 0.2) is 21.7 Å². The van der Waals surface area contributed by atoms with Crippen LogP contribution in [0.1, 0.15) is 11.4 Å². The summed E-state index contributed by atoms with van der Waals surface area (Å²) in [5.41, 5.74) is -6.05. The van der Waals surface area contributed by atoms with Crippen LogP contribution >= 0.6 is 0 Å². The average Bonchev–Trinajstić information content (AvgIpc) is 3.18. The molecule has 2 aromatic rings. The number of nitro groups is 2. The van der Waals surface area contributed by atoms with Gasteiger partial charge in [-0.1, -0.05) is 15.8 Å². The molecule has 0 amide bonds. The largest absolute Gasteiger partial charge is 0.755 e. The third-order valence-electron chi connectivity index (χ3n) is 3.03. The maximum atomic E-state index is 11.9. The molecule has 22 heavy (non-hydrogen) atoms. The van der Waals surface area contributed by atoms with Crippen LogP contribution < -0.4 is 5.48 Å². The van der Waals surface area contributed by atoms with E-state index in [0.717, 1.165) is 0 Å². The summed E-state index contributed by atoms with van der Waals surface area (Å²) in [6, 6.07) is 0. The number of nitrogens with zero attached hydrogens (tertiary/aromatic N) is 7. The molecular formula is C6H3N8O8-. The van der Waals surface area contributed by atoms with Gasteiger partial charge in [0, 0.05) is 0 Å². The minimum absolute atomic E-state index is 0.649. The van der Waals surface area contributed by atoms with Crippen LogP contribution in [0.2, 0.25) is 0 Å². The Hall–Kier alpha value is -3.08. The van der Waals surface area contributed by atoms with Gasteiger partial charge in [0.2, 0.25) is 11.4 Å². The fraction of sp³-hybridized carbons (Fsp3) is 0.333. The Morgan fingerprint density at radius 3 is 2.14 bits per heavy atom. The van der Waals surface area contributed by atoms with E-state index >= 15 is 0 Å². The zero-order chi connectivity index (χ0) is 16.0. The van der Waals surface area contributed by atoms with Crippen molar-refractivity contribution in [1.29, 1.82) is 0 Å². The van der Waals surface area contributed by atoms with Gasteiger partial charge in [-0.05, 0) is 10.3 Å². The fourth-order valence-corrected chi connectivity index (χ4v) is 2.08. The van der Waals surface area contributed by atoms with Gasteiger partial charge in [0.05, 0.1) is 9.85 Å². The van der Waals surface area contributed by atoms with Crippen molar-refractivity contribution < 1.29 is 24.0 Å². The molecule has 0 radical (unpaired) electrons. The molecule has 0 saturated carbocycles. The first kappa shape index (κ1) is 13.9. The molecule has 0 bridgehead atoms. The quantitative estimate of drug-likeness (QED) is 0.490. The van der Waals surface area contributed by atoms with E-state index in [1.54, 1.807) is 5.48 Å². The minimum atomic E-state index is -3.23. The van der Waals surface area contributed by atoms with Crippen LogP contribution in [0.5, 0.6) is 0 Å². The topological polar surface area (TPSA) is 212 Å². The van der Waals surface area contributed by atoms with Gasteiger partial charge in [-0.2, -0.15) is 5.23 Å². The van der Waals surface area contributed by atoms with Crippen molar-refractivity contribution >= 4 is 0 Å². The summed E-state index contributed by atoms with van der Waals surface area (Å²) in [4.78, 5) is 25.0. The number of rotatable bonds is 4. The Kier molecular flexibility index (Phi) is 2.81. The lowest BCUT2D eigenvalue weighted by atomic mass is 9.89. The lowest BCUT2D eigenvalue weighted by Crippen LogP contribution is -2.64. The van der Waals surface area contributed by atoms with Crippen LogP contribution in [-0.4, -0.2) is 35.7 Å². The van der Waals surface area contributed by atoms with Gasteiger partial charge in [0.1, 0.15) is 12.4 Å². The van der Waals surface area contributed by atoms with Crippen LogP contribution in [0.4, 0.5) is 0 Å². The summed E-state index contributed by atoms with van der Waals surface area (Å²) in [6.45, 7) is 0. The SMILES string of the molecule is O=[N+]([O-])C1(c2cnon2)NON([O-])C1(c1cnon1)[N+](=O)[O-]. The van der Waals surface area contributed by atoms with Gasteiger partial charge in [0.15, 0.2) is 0 Å². The summed E-state index contributed by atoms with van der Waals surface area (Å²) in [7, 11) is 0. The Labute approximate surface area is 117 Å². The first-order chi connectivity index (χ1) is 10.5. The molecule has 16 heteroatoms. The zero-order valence-corrected chi connectivity index (χ0v) is 10.1. The van der Waals surface area contributed by atoms with Gasteiger partial charge in [-0.25, -0.2) is 14.2 Å². The normalized spacial score (nSPS) is 28.8. The standard InChI is InChI=1S/C6H3N8O8/c15-12(16)5(3-1-7-20-9-3)6(13(17)18,14(19)22-11-5)4-2-8-21-10-4/h1-2,11H/q-1. The molecule has 2 unspecified atom stereocenters. The van der Waals surface area contributed by atoms with Gasteiger partial charge >= 0.3 is 11.3 Å². The molecule has 1 saturated heterocycles. The second-order valence-corrected chi connectivity index (χ2v) is 3.93. The Morgan fingerprint density at radius 2 is 1.68 bits per heavy atom. The maximum absolute atomic E-state index is 11.9. The highest BCUT2D eigenvalue weighted by Gasteiger charge is 2.83. The second kappa shape index (κ2) is 4.46. The predicted octanol–water partition coefficient (Wildman–Crippen LogP) is -1.74. The summed E-state index contributed by atoms with van der Waals surface area (Å²) in [6.07, 6.45) is 1.37. The maximum Gasteiger partial charge on any atom is 0.436 e. The Balaban J connectivity index is 2.38. The Morgan fingerprint density at radius 1 is 1.09 bits per heavy atom. The lowest BCUT2D eigenvalue weighted by molar-refractivity contribution is -0.717. The smallest absolute Gasteiger partial charge is 0.436 e. The molecule has 1 aliphatic rings. The van der Waals surface area contributed by atoms with E-state index in [1.165, 1.54) is 0 Å². The molecule has 16 nitrogen and oxygen atoms in total. The van der Waals surface area contributed by atoms with E-state index in [9.17, 15) is 25.4 Å². The molecule has 1 fully saturated rings. The minimum Gasteiger partial charge on any atom is -0.755 e. The highest BCUT2D eigenvalue weighted by Crippen LogP contribution is 2.48. The molecule has 3 heterocycles. The highest BCUT2D eigenvalue weighted by atomic mass is 17.0. The summed E-state index contributed by atoms with van der Waals surface area (Å²) >= 11 is 0. The number of hydroxylamine groups is 3. The van der Waals surface area contributed by atoms with Crippen molar-refractivity contribution in [2.24, 2.45) is 0 Å². The lowest BCUT2D eigenvalue weighted by Gasteiger charge is -2.31. The summed E-state index contributed by atoms with van der Waals surface area (Å²) in [5, 5.41) is 47.1. The van der Waals surface area contributed by atoms with Crippen LogP contribution in [0, 0.1) is 25.4 Å². The van der Waals surface area contributed by atoms with E-state index < -0.39 is 37.8 Å². The van der Waals surface area contributed by atoms with Crippen molar-refractivity contribution in [3.8, 4) is 0 Å². The van der Waals surface area contributed by atoms with Crippen molar-refractivity contribution in [3.05, 3.63) is 49.2 Å². The molecule has 116 valence electrons. The van der Waals surface area contributed by atoms with Gasteiger partial charge in [-0.15, -0.1) is 0 Å². The molecule has 1 aliphatic heterocycles. The van der Waals surface area contributed by atoms with Crippen molar-refractivity contribution in [3.63, 3.8) is 0 Å². The first-order valence-corrected chi connectivity index (χ1v) is 5.24. The first-order valence-electron chi connectivity index (χ1n) is 5.24. The van der Waals surface area contributed by atoms with E-state index in [2.05, 4.69) is 34.8 Å².